The molecule has 1 amide bonds. The van der Waals surface area contributed by atoms with E-state index >= 15 is 0 Å². The van der Waals surface area contributed by atoms with Crippen molar-refractivity contribution in [3.63, 3.8) is 0 Å². The summed E-state index contributed by atoms with van der Waals surface area (Å²) < 4.78 is 0. The van der Waals surface area contributed by atoms with Crippen LogP contribution in [0.5, 0.6) is 0 Å². The number of pyridine rings is 1. The lowest BCUT2D eigenvalue weighted by Crippen LogP contribution is -2.14. The van der Waals surface area contributed by atoms with Gasteiger partial charge in [0.25, 0.3) is 5.91 Å². The molecular formula is C14H19N5OS. The Morgan fingerprint density at radius 3 is 2.67 bits per heavy atom. The molecule has 7 heteroatoms. The first-order chi connectivity index (χ1) is 9.99. The third-order valence-electron chi connectivity index (χ3n) is 2.80. The van der Waals surface area contributed by atoms with E-state index in [2.05, 4.69) is 25.8 Å². The van der Waals surface area contributed by atoms with E-state index in [1.807, 2.05) is 33.8 Å². The Labute approximate surface area is 128 Å². The van der Waals surface area contributed by atoms with Gasteiger partial charge in [-0.2, -0.15) is 0 Å². The lowest BCUT2D eigenvalue weighted by Gasteiger charge is -2.11. The molecule has 0 aliphatic heterocycles. The number of rotatable bonds is 5. The fourth-order valence-corrected chi connectivity index (χ4v) is 2.35. The van der Waals surface area contributed by atoms with Crippen LogP contribution >= 0.6 is 11.3 Å². The Morgan fingerprint density at radius 2 is 2.10 bits per heavy atom. The maximum absolute atomic E-state index is 12.3. The fourth-order valence-electron chi connectivity index (χ4n) is 1.77. The number of carbonyl (C=O) groups excluding carboxylic acids is 1. The quantitative estimate of drug-likeness (QED) is 0.887. The number of carbonyl (C=O) groups is 1. The standard InChI is InChI=1S/C14H19N5OS/c1-5-15-12-7-10(6-11(16-12)8(2)3)13(20)17-14-19-18-9(4)21-14/h6-8H,5H2,1-4H3,(H,15,16)(H,17,19,20). The van der Waals surface area contributed by atoms with Crippen LogP contribution in [0.1, 0.15) is 47.7 Å². The first-order valence-corrected chi connectivity index (χ1v) is 7.68. The molecule has 0 spiro atoms. The maximum Gasteiger partial charge on any atom is 0.257 e. The summed E-state index contributed by atoms with van der Waals surface area (Å²) in [4.78, 5) is 16.8. The van der Waals surface area contributed by atoms with Crippen molar-refractivity contribution < 1.29 is 4.79 Å². The van der Waals surface area contributed by atoms with Gasteiger partial charge in [0, 0.05) is 17.8 Å². The van der Waals surface area contributed by atoms with E-state index in [0.717, 1.165) is 17.2 Å². The van der Waals surface area contributed by atoms with Crippen LogP contribution in [0.2, 0.25) is 0 Å². The average molecular weight is 305 g/mol. The Balaban J connectivity index is 2.26. The molecule has 0 atom stereocenters. The molecule has 2 aromatic heterocycles. The van der Waals surface area contributed by atoms with E-state index in [1.54, 1.807) is 6.07 Å². The molecule has 0 radical (unpaired) electrons. The van der Waals surface area contributed by atoms with Crippen LogP contribution in [-0.2, 0) is 0 Å². The number of hydrogen-bond donors (Lipinski definition) is 2. The van der Waals surface area contributed by atoms with E-state index in [4.69, 9.17) is 0 Å². The van der Waals surface area contributed by atoms with Gasteiger partial charge in [-0.15, -0.1) is 10.2 Å². The highest BCUT2D eigenvalue weighted by atomic mass is 32.1. The fraction of sp³-hybridized carbons (Fsp3) is 0.429. The zero-order valence-electron chi connectivity index (χ0n) is 12.6. The van der Waals surface area contributed by atoms with Gasteiger partial charge in [-0.3, -0.25) is 10.1 Å². The zero-order chi connectivity index (χ0) is 15.4. The smallest absolute Gasteiger partial charge is 0.257 e. The molecule has 0 aliphatic carbocycles. The van der Waals surface area contributed by atoms with Gasteiger partial charge in [0.1, 0.15) is 10.8 Å². The van der Waals surface area contributed by atoms with Crippen LogP contribution in [0.4, 0.5) is 10.9 Å². The van der Waals surface area contributed by atoms with Gasteiger partial charge in [-0.05, 0) is 31.9 Å². The number of nitrogens with zero attached hydrogens (tertiary/aromatic N) is 3. The molecule has 0 fully saturated rings. The molecule has 2 rings (SSSR count). The summed E-state index contributed by atoms with van der Waals surface area (Å²) in [6.45, 7) is 8.69. The van der Waals surface area contributed by atoms with E-state index in [1.165, 1.54) is 11.3 Å². The Kier molecular flexibility index (Phi) is 4.85. The van der Waals surface area contributed by atoms with Crippen molar-refractivity contribution in [1.82, 2.24) is 15.2 Å². The summed E-state index contributed by atoms with van der Waals surface area (Å²) in [6, 6.07) is 3.56. The van der Waals surface area contributed by atoms with Gasteiger partial charge in [0.15, 0.2) is 0 Å². The van der Waals surface area contributed by atoms with Crippen molar-refractivity contribution in [2.75, 3.05) is 17.2 Å². The van der Waals surface area contributed by atoms with Crippen LogP contribution in [-0.4, -0.2) is 27.6 Å². The molecule has 0 aliphatic rings. The minimum atomic E-state index is -0.199. The van der Waals surface area contributed by atoms with Gasteiger partial charge in [0.2, 0.25) is 5.13 Å². The topological polar surface area (TPSA) is 79.8 Å². The highest BCUT2D eigenvalue weighted by Gasteiger charge is 2.13. The van der Waals surface area contributed by atoms with Gasteiger partial charge in [-0.25, -0.2) is 4.98 Å². The van der Waals surface area contributed by atoms with Gasteiger partial charge in [-0.1, -0.05) is 25.2 Å². The molecule has 6 nitrogen and oxygen atoms in total. The molecule has 21 heavy (non-hydrogen) atoms. The Hall–Kier alpha value is -2.02. The molecule has 0 saturated heterocycles. The largest absolute Gasteiger partial charge is 0.370 e. The number of amides is 1. The molecule has 0 saturated carbocycles. The normalized spacial score (nSPS) is 10.7. The van der Waals surface area contributed by atoms with E-state index in [9.17, 15) is 4.79 Å². The predicted octanol–water partition coefficient (Wildman–Crippen LogP) is 3.05. The molecule has 2 aromatic rings. The van der Waals surface area contributed by atoms with E-state index in [-0.39, 0.29) is 11.8 Å². The van der Waals surface area contributed by atoms with Gasteiger partial charge < -0.3 is 5.32 Å². The Morgan fingerprint density at radius 1 is 1.33 bits per heavy atom. The third-order valence-corrected chi connectivity index (χ3v) is 3.56. The van der Waals surface area contributed by atoms with Gasteiger partial charge in [0.05, 0.1) is 0 Å². The van der Waals surface area contributed by atoms with Crippen molar-refractivity contribution in [3.05, 3.63) is 28.4 Å². The average Bonchev–Trinajstić information content (AvgIpc) is 2.84. The molecule has 0 aromatic carbocycles. The number of nitrogens with one attached hydrogen (secondary N) is 2. The lowest BCUT2D eigenvalue weighted by atomic mass is 10.1. The second-order valence-electron chi connectivity index (χ2n) is 4.93. The number of aromatic nitrogens is 3. The zero-order valence-corrected chi connectivity index (χ0v) is 13.4. The third kappa shape index (κ3) is 3.98. The van der Waals surface area contributed by atoms with Crippen LogP contribution in [0.25, 0.3) is 0 Å². The molecule has 2 N–H and O–H groups in total. The van der Waals surface area contributed by atoms with Crippen LogP contribution in [0, 0.1) is 6.92 Å². The van der Waals surface area contributed by atoms with Crippen molar-refractivity contribution in [2.24, 2.45) is 0 Å². The lowest BCUT2D eigenvalue weighted by molar-refractivity contribution is 0.102. The summed E-state index contributed by atoms with van der Waals surface area (Å²) in [5, 5.41) is 15.0. The number of anilines is 2. The highest BCUT2D eigenvalue weighted by molar-refractivity contribution is 7.15. The molecular weight excluding hydrogens is 286 g/mol. The maximum atomic E-state index is 12.3. The van der Waals surface area contributed by atoms with E-state index in [0.29, 0.717) is 16.5 Å². The molecule has 2 heterocycles. The first-order valence-electron chi connectivity index (χ1n) is 6.87. The Bertz CT molecular complexity index is 638. The summed E-state index contributed by atoms with van der Waals surface area (Å²) in [5.74, 6) is 0.760. The second-order valence-corrected chi connectivity index (χ2v) is 6.11. The molecule has 0 unspecified atom stereocenters. The first kappa shape index (κ1) is 15.4. The van der Waals surface area contributed by atoms with Crippen LogP contribution in [0.15, 0.2) is 12.1 Å². The van der Waals surface area contributed by atoms with E-state index < -0.39 is 0 Å². The minimum absolute atomic E-state index is 0.199. The predicted molar refractivity (Wildman–Crippen MR) is 85.1 cm³/mol. The number of hydrogen-bond acceptors (Lipinski definition) is 6. The second kappa shape index (κ2) is 6.62. The van der Waals surface area contributed by atoms with Crippen molar-refractivity contribution >= 4 is 28.2 Å². The monoisotopic (exact) mass is 305 g/mol. The SMILES string of the molecule is CCNc1cc(C(=O)Nc2nnc(C)s2)cc(C(C)C)n1. The highest BCUT2D eigenvalue weighted by Crippen LogP contribution is 2.20. The summed E-state index contributed by atoms with van der Waals surface area (Å²) in [7, 11) is 0. The van der Waals surface area contributed by atoms with Crippen molar-refractivity contribution in [2.45, 2.75) is 33.6 Å². The van der Waals surface area contributed by atoms with Crippen molar-refractivity contribution in [3.8, 4) is 0 Å². The molecule has 0 bridgehead atoms. The summed E-state index contributed by atoms with van der Waals surface area (Å²) in [5.41, 5.74) is 1.45. The minimum Gasteiger partial charge on any atom is -0.370 e. The van der Waals surface area contributed by atoms with Crippen molar-refractivity contribution in [1.29, 1.82) is 0 Å². The summed E-state index contributed by atoms with van der Waals surface area (Å²) in [6.07, 6.45) is 0. The number of aryl methyl sites for hydroxylation is 1. The van der Waals surface area contributed by atoms with Gasteiger partial charge >= 0.3 is 0 Å². The van der Waals surface area contributed by atoms with Crippen LogP contribution < -0.4 is 10.6 Å². The summed E-state index contributed by atoms with van der Waals surface area (Å²) >= 11 is 1.35. The molecule has 112 valence electrons. The van der Waals surface area contributed by atoms with Crippen LogP contribution in [0.3, 0.4) is 0 Å².